The molecule has 4 rings (SSSR count). The molecule has 35 heavy (non-hydrogen) atoms. The number of methoxy groups -OCH3 is 1. The summed E-state index contributed by atoms with van der Waals surface area (Å²) in [5.41, 5.74) is 1.14. The number of hydrogen-bond donors (Lipinski definition) is 2. The zero-order valence-electron chi connectivity index (χ0n) is 19.9. The number of benzene rings is 2. The number of fused-ring (bicyclic) bond motifs is 1. The van der Waals surface area contributed by atoms with Gasteiger partial charge in [-0.2, -0.15) is 0 Å². The van der Waals surface area contributed by atoms with E-state index >= 15 is 0 Å². The van der Waals surface area contributed by atoms with E-state index in [1.807, 2.05) is 48.5 Å². The second kappa shape index (κ2) is 11.2. The number of para-hydroxylation sites is 1. The fraction of sp³-hybridized carbons (Fsp3) is 0.333. The van der Waals surface area contributed by atoms with Gasteiger partial charge in [-0.25, -0.2) is 4.99 Å². The Bertz CT molecular complexity index is 1140. The number of rotatable bonds is 11. The van der Waals surface area contributed by atoms with Crippen molar-refractivity contribution in [2.24, 2.45) is 4.99 Å². The maximum Gasteiger partial charge on any atom is 0.236 e. The molecule has 1 atom stereocenters. The van der Waals surface area contributed by atoms with Crippen LogP contribution in [0.15, 0.2) is 71.5 Å². The zero-order chi connectivity index (χ0) is 24.7. The highest BCUT2D eigenvalue weighted by molar-refractivity contribution is 5.92. The fourth-order valence-corrected chi connectivity index (χ4v) is 4.04. The molecule has 1 amide bonds. The van der Waals surface area contributed by atoms with Gasteiger partial charge in [-0.15, -0.1) is 0 Å². The molecule has 2 N–H and O–H groups in total. The lowest BCUT2D eigenvalue weighted by atomic mass is 9.94. The maximum absolute atomic E-state index is 13.3. The Labute approximate surface area is 204 Å². The van der Waals surface area contributed by atoms with Crippen LogP contribution in [0.2, 0.25) is 0 Å². The molecule has 1 unspecified atom stereocenters. The van der Waals surface area contributed by atoms with E-state index in [1.165, 1.54) is 0 Å². The topological polar surface area (TPSA) is 98.6 Å². The van der Waals surface area contributed by atoms with E-state index in [-0.39, 0.29) is 25.9 Å². The van der Waals surface area contributed by atoms with Gasteiger partial charge in [0.1, 0.15) is 17.7 Å². The van der Waals surface area contributed by atoms with Crippen molar-refractivity contribution in [3.05, 3.63) is 77.6 Å². The van der Waals surface area contributed by atoms with Crippen LogP contribution in [-0.2, 0) is 14.9 Å². The molecule has 0 radical (unpaired) electrons. The van der Waals surface area contributed by atoms with Crippen molar-refractivity contribution < 1.29 is 28.8 Å². The molecule has 0 bridgehead atoms. The lowest BCUT2D eigenvalue weighted by Gasteiger charge is -2.17. The highest BCUT2D eigenvalue weighted by atomic mass is 16.7. The number of nitrogens with zero attached hydrogens (tertiary/aromatic N) is 1. The zero-order valence-corrected chi connectivity index (χ0v) is 19.9. The number of aliphatic hydroxyl groups excluding tert-OH is 1. The number of hydrogen-bond acceptors (Lipinski definition) is 7. The Morgan fingerprint density at radius 3 is 2.77 bits per heavy atom. The minimum atomic E-state index is -0.600. The molecule has 2 aliphatic rings. The van der Waals surface area contributed by atoms with Gasteiger partial charge in [-0.1, -0.05) is 36.4 Å². The average molecular weight is 479 g/mol. The van der Waals surface area contributed by atoms with Gasteiger partial charge in [-0.3, -0.25) is 4.79 Å². The van der Waals surface area contributed by atoms with Crippen LogP contribution in [0, 0.1) is 0 Å². The highest BCUT2D eigenvalue weighted by Crippen LogP contribution is 2.50. The smallest absolute Gasteiger partial charge is 0.236 e. The first-order valence-corrected chi connectivity index (χ1v) is 11.6. The largest absolute Gasteiger partial charge is 0.496 e. The Balaban J connectivity index is 1.51. The van der Waals surface area contributed by atoms with Crippen molar-refractivity contribution in [3.63, 3.8) is 0 Å². The van der Waals surface area contributed by atoms with Crippen LogP contribution in [-0.4, -0.2) is 44.3 Å². The summed E-state index contributed by atoms with van der Waals surface area (Å²) in [7, 11) is 1.60. The molecule has 1 saturated carbocycles. The number of carbonyl (C=O) groups is 1. The summed E-state index contributed by atoms with van der Waals surface area (Å²) in [6.45, 7) is 2.06. The third-order valence-electron chi connectivity index (χ3n) is 5.99. The number of aliphatic imine (C=N–C) groups is 1. The fourth-order valence-electron chi connectivity index (χ4n) is 4.04. The van der Waals surface area contributed by atoms with Gasteiger partial charge in [-0.05, 0) is 49.6 Å². The predicted octanol–water partition coefficient (Wildman–Crippen LogP) is 3.81. The van der Waals surface area contributed by atoms with E-state index in [9.17, 15) is 9.90 Å². The van der Waals surface area contributed by atoms with E-state index in [4.69, 9.17) is 18.9 Å². The Morgan fingerprint density at radius 2 is 2.03 bits per heavy atom. The molecule has 2 aromatic carbocycles. The first-order valence-electron chi connectivity index (χ1n) is 11.6. The highest BCUT2D eigenvalue weighted by Gasteiger charge is 2.51. The third kappa shape index (κ3) is 5.55. The standard InChI is InChI=1S/C27H30N2O6/c1-3-28-25(10-6-9-22(33-16-15-30)20-7-4-5-8-21(20)32-2)29-26(31)27(13-14-27)19-11-12-23-24(17-19)35-18-34-23/h3-12,17,22,30H,13-16,18H2,1-2H3,(H,29,31)/b9-6+,25-10+,28-3-. The number of ether oxygens (including phenoxy) is 4. The summed E-state index contributed by atoms with van der Waals surface area (Å²) < 4.78 is 22.1. The molecule has 1 heterocycles. The first-order chi connectivity index (χ1) is 17.1. The summed E-state index contributed by atoms with van der Waals surface area (Å²) in [6.07, 6.45) is 8.01. The summed E-state index contributed by atoms with van der Waals surface area (Å²) in [6, 6.07) is 13.2. The van der Waals surface area contributed by atoms with Crippen molar-refractivity contribution >= 4 is 12.1 Å². The molecular weight excluding hydrogens is 448 g/mol. The number of aliphatic hydroxyl groups is 1. The Kier molecular flexibility index (Phi) is 7.84. The van der Waals surface area contributed by atoms with E-state index in [0.717, 1.165) is 24.0 Å². The number of nitrogens with one attached hydrogen (secondary N) is 1. The van der Waals surface area contributed by atoms with Gasteiger partial charge < -0.3 is 29.4 Å². The molecule has 0 aromatic heterocycles. The second-order valence-corrected chi connectivity index (χ2v) is 8.19. The van der Waals surface area contributed by atoms with Crippen LogP contribution in [0.25, 0.3) is 0 Å². The van der Waals surface area contributed by atoms with Crippen LogP contribution in [0.3, 0.4) is 0 Å². The molecule has 184 valence electrons. The molecular formula is C27H30N2O6. The monoisotopic (exact) mass is 478 g/mol. The normalized spacial score (nSPS) is 17.1. The van der Waals surface area contributed by atoms with Crippen LogP contribution < -0.4 is 19.5 Å². The molecule has 0 spiro atoms. The lowest BCUT2D eigenvalue weighted by Crippen LogP contribution is -2.33. The van der Waals surface area contributed by atoms with Gasteiger partial charge in [0, 0.05) is 11.8 Å². The van der Waals surface area contributed by atoms with Gasteiger partial charge in [0.05, 0.1) is 25.7 Å². The van der Waals surface area contributed by atoms with E-state index < -0.39 is 11.5 Å². The summed E-state index contributed by atoms with van der Waals surface area (Å²) >= 11 is 0. The molecule has 2 aromatic rings. The van der Waals surface area contributed by atoms with Crippen molar-refractivity contribution in [3.8, 4) is 17.2 Å². The van der Waals surface area contributed by atoms with Crippen LogP contribution in [0.4, 0.5) is 0 Å². The van der Waals surface area contributed by atoms with Gasteiger partial charge in [0.25, 0.3) is 0 Å². The number of amides is 1. The minimum Gasteiger partial charge on any atom is -0.496 e. The predicted molar refractivity (Wildman–Crippen MR) is 132 cm³/mol. The van der Waals surface area contributed by atoms with E-state index in [1.54, 1.807) is 32.4 Å². The van der Waals surface area contributed by atoms with E-state index in [0.29, 0.717) is 23.1 Å². The lowest BCUT2D eigenvalue weighted by molar-refractivity contribution is -0.122. The van der Waals surface area contributed by atoms with Crippen molar-refractivity contribution in [1.82, 2.24) is 5.32 Å². The van der Waals surface area contributed by atoms with Crippen molar-refractivity contribution in [1.29, 1.82) is 0 Å². The molecule has 8 nitrogen and oxygen atoms in total. The number of carbonyl (C=O) groups excluding carboxylic acids is 1. The minimum absolute atomic E-state index is 0.0985. The maximum atomic E-state index is 13.3. The third-order valence-corrected chi connectivity index (χ3v) is 5.99. The van der Waals surface area contributed by atoms with E-state index in [2.05, 4.69) is 10.3 Å². The average Bonchev–Trinajstić information content (AvgIpc) is 3.56. The first kappa shape index (κ1) is 24.5. The van der Waals surface area contributed by atoms with Crippen LogP contribution in [0.5, 0.6) is 17.2 Å². The van der Waals surface area contributed by atoms with Crippen LogP contribution in [0.1, 0.15) is 37.0 Å². The second-order valence-electron chi connectivity index (χ2n) is 8.19. The summed E-state index contributed by atoms with van der Waals surface area (Å²) in [4.78, 5) is 17.6. The van der Waals surface area contributed by atoms with Crippen LogP contribution >= 0.6 is 0 Å². The SMILES string of the molecule is C\C=N/C(=C\C=C\C(OCCO)c1ccccc1OC)NC(=O)C1(c2ccc3c(c2)OCO3)CC1. The summed E-state index contributed by atoms with van der Waals surface area (Å²) in [5, 5.41) is 12.2. The van der Waals surface area contributed by atoms with Crippen molar-refractivity contribution in [2.45, 2.75) is 31.3 Å². The van der Waals surface area contributed by atoms with Crippen molar-refractivity contribution in [2.75, 3.05) is 27.1 Å². The Hall–Kier alpha value is -3.62. The molecule has 1 fully saturated rings. The Morgan fingerprint density at radius 1 is 1.23 bits per heavy atom. The molecule has 1 aliphatic carbocycles. The molecule has 1 aliphatic heterocycles. The molecule has 8 heteroatoms. The van der Waals surface area contributed by atoms with Gasteiger partial charge in [0.2, 0.25) is 12.7 Å². The van der Waals surface area contributed by atoms with Gasteiger partial charge >= 0.3 is 0 Å². The number of allylic oxidation sites excluding steroid dienone is 2. The molecule has 0 saturated heterocycles. The van der Waals surface area contributed by atoms with Gasteiger partial charge in [0.15, 0.2) is 11.5 Å². The summed E-state index contributed by atoms with van der Waals surface area (Å²) in [5.74, 6) is 2.35. The quantitative estimate of drug-likeness (QED) is 0.377.